The van der Waals surface area contributed by atoms with Crippen molar-refractivity contribution < 1.29 is 21.6 Å². The van der Waals surface area contributed by atoms with Gasteiger partial charge in [0.25, 0.3) is 0 Å². The van der Waals surface area contributed by atoms with Gasteiger partial charge in [-0.2, -0.15) is 13.2 Å². The van der Waals surface area contributed by atoms with Crippen molar-refractivity contribution in [2.75, 3.05) is 29.1 Å². The van der Waals surface area contributed by atoms with Crippen molar-refractivity contribution in [2.24, 2.45) is 0 Å². The molecule has 0 N–H and O–H groups in total. The van der Waals surface area contributed by atoms with Crippen LogP contribution >= 0.6 is 15.9 Å². The molecule has 1 aromatic rings. The van der Waals surface area contributed by atoms with Crippen molar-refractivity contribution >= 4 is 31.5 Å². The Hall–Kier alpha value is -0.760. The van der Waals surface area contributed by atoms with Crippen molar-refractivity contribution in [3.8, 4) is 0 Å². The van der Waals surface area contributed by atoms with E-state index < -0.39 is 22.6 Å². The molecule has 0 saturated heterocycles. The maximum atomic E-state index is 12.5. The summed E-state index contributed by atoms with van der Waals surface area (Å²) in [6, 6.07) is 5.48. The van der Waals surface area contributed by atoms with Gasteiger partial charge in [0, 0.05) is 17.6 Å². The number of alkyl halides is 4. The first-order valence-electron chi connectivity index (χ1n) is 5.90. The molecule has 0 bridgehead atoms. The van der Waals surface area contributed by atoms with Gasteiger partial charge in [-0.3, -0.25) is 0 Å². The molecule has 0 heterocycles. The standard InChI is InChI=1S/C12H15BrF3NO2S/c1-2-20(18,19)11-5-3-10(4-6-11)17(8-7-13)9-12(14,15)16/h3-6H,2,7-9H2,1H3. The lowest BCUT2D eigenvalue weighted by atomic mass is 10.3. The van der Waals surface area contributed by atoms with Crippen molar-refractivity contribution in [3.05, 3.63) is 24.3 Å². The molecule has 0 amide bonds. The number of hydrogen-bond donors (Lipinski definition) is 0. The SMILES string of the molecule is CCS(=O)(=O)c1ccc(N(CCBr)CC(F)(F)F)cc1. The highest BCUT2D eigenvalue weighted by molar-refractivity contribution is 9.09. The third kappa shape index (κ3) is 4.97. The molecule has 0 aliphatic rings. The van der Waals surface area contributed by atoms with E-state index in [4.69, 9.17) is 0 Å². The Labute approximate surface area is 124 Å². The number of anilines is 1. The minimum Gasteiger partial charge on any atom is -0.362 e. The molecule has 0 saturated carbocycles. The maximum Gasteiger partial charge on any atom is 0.405 e. The molecule has 0 radical (unpaired) electrons. The Balaban J connectivity index is 2.99. The van der Waals surface area contributed by atoms with Gasteiger partial charge < -0.3 is 4.90 Å². The minimum absolute atomic E-state index is 0.0417. The first kappa shape index (κ1) is 17.3. The highest BCUT2D eigenvalue weighted by Gasteiger charge is 2.30. The highest BCUT2D eigenvalue weighted by atomic mass is 79.9. The molecule has 8 heteroatoms. The van der Waals surface area contributed by atoms with Gasteiger partial charge >= 0.3 is 6.18 Å². The molecule has 1 aromatic carbocycles. The lowest BCUT2D eigenvalue weighted by molar-refractivity contribution is -0.119. The Morgan fingerprint density at radius 2 is 1.75 bits per heavy atom. The van der Waals surface area contributed by atoms with E-state index in [0.29, 0.717) is 11.0 Å². The van der Waals surface area contributed by atoms with Crippen LogP contribution < -0.4 is 4.90 Å². The van der Waals surface area contributed by atoms with Gasteiger partial charge in [-0.25, -0.2) is 8.42 Å². The zero-order chi connectivity index (χ0) is 15.4. The van der Waals surface area contributed by atoms with Gasteiger partial charge in [-0.1, -0.05) is 22.9 Å². The van der Waals surface area contributed by atoms with Crippen LogP contribution in [-0.4, -0.2) is 38.8 Å². The maximum absolute atomic E-state index is 12.5. The van der Waals surface area contributed by atoms with E-state index in [0.717, 1.165) is 4.90 Å². The molecule has 0 unspecified atom stereocenters. The van der Waals surface area contributed by atoms with Crippen LogP contribution in [0, 0.1) is 0 Å². The van der Waals surface area contributed by atoms with Crippen LogP contribution in [0.3, 0.4) is 0 Å². The molecule has 20 heavy (non-hydrogen) atoms. The normalized spacial score (nSPS) is 12.4. The van der Waals surface area contributed by atoms with E-state index in [1.165, 1.54) is 31.2 Å². The lowest BCUT2D eigenvalue weighted by Gasteiger charge is -2.25. The van der Waals surface area contributed by atoms with Crippen molar-refractivity contribution in [1.82, 2.24) is 0 Å². The van der Waals surface area contributed by atoms with Gasteiger partial charge in [0.1, 0.15) is 6.54 Å². The quantitative estimate of drug-likeness (QED) is 0.718. The van der Waals surface area contributed by atoms with Crippen LogP contribution in [0.15, 0.2) is 29.2 Å². The molecule has 0 atom stereocenters. The van der Waals surface area contributed by atoms with Crippen LogP contribution in [-0.2, 0) is 9.84 Å². The summed E-state index contributed by atoms with van der Waals surface area (Å²) in [5, 5.41) is 0.387. The molecular formula is C12H15BrF3NO2S. The summed E-state index contributed by atoms with van der Waals surface area (Å²) in [6.45, 7) is 0.627. The van der Waals surface area contributed by atoms with Gasteiger partial charge in [0.2, 0.25) is 0 Å². The molecule has 0 fully saturated rings. The number of halogens is 4. The summed E-state index contributed by atoms with van der Waals surface area (Å²) >= 11 is 3.11. The number of hydrogen-bond acceptors (Lipinski definition) is 3. The van der Waals surface area contributed by atoms with E-state index in [9.17, 15) is 21.6 Å². The van der Waals surface area contributed by atoms with E-state index >= 15 is 0 Å². The van der Waals surface area contributed by atoms with E-state index in [1.54, 1.807) is 0 Å². The highest BCUT2D eigenvalue weighted by Crippen LogP contribution is 2.23. The minimum atomic E-state index is -4.31. The van der Waals surface area contributed by atoms with E-state index in [1.807, 2.05) is 0 Å². The summed E-state index contributed by atoms with van der Waals surface area (Å²) < 4.78 is 60.7. The second kappa shape index (κ2) is 6.80. The number of sulfone groups is 1. The van der Waals surface area contributed by atoms with Crippen LogP contribution in [0.4, 0.5) is 18.9 Å². The summed E-state index contributed by atoms with van der Waals surface area (Å²) in [4.78, 5) is 1.27. The predicted molar refractivity (Wildman–Crippen MR) is 76.2 cm³/mol. The Kier molecular flexibility index (Phi) is 5.88. The monoisotopic (exact) mass is 373 g/mol. The van der Waals surface area contributed by atoms with Gasteiger partial charge in [0.15, 0.2) is 9.84 Å². The van der Waals surface area contributed by atoms with E-state index in [-0.39, 0.29) is 17.2 Å². The van der Waals surface area contributed by atoms with Gasteiger partial charge in [-0.15, -0.1) is 0 Å². The smallest absolute Gasteiger partial charge is 0.362 e. The van der Waals surface area contributed by atoms with Crippen LogP contribution in [0.5, 0.6) is 0 Å². The topological polar surface area (TPSA) is 37.4 Å². The molecular weight excluding hydrogens is 359 g/mol. The second-order valence-electron chi connectivity index (χ2n) is 4.12. The average molecular weight is 374 g/mol. The predicted octanol–water partition coefficient (Wildman–Crippen LogP) is 3.24. The fourth-order valence-corrected chi connectivity index (χ4v) is 2.96. The fraction of sp³-hybridized carbons (Fsp3) is 0.500. The number of nitrogens with zero attached hydrogens (tertiary/aromatic N) is 1. The zero-order valence-corrected chi connectivity index (χ0v) is 13.2. The van der Waals surface area contributed by atoms with Crippen LogP contribution in [0.2, 0.25) is 0 Å². The third-order valence-electron chi connectivity index (χ3n) is 2.67. The Morgan fingerprint density at radius 3 is 2.15 bits per heavy atom. The summed E-state index contributed by atoms with van der Waals surface area (Å²) in [6.07, 6.45) is -4.31. The van der Waals surface area contributed by atoms with Crippen LogP contribution in [0.1, 0.15) is 6.92 Å². The van der Waals surface area contributed by atoms with Crippen molar-refractivity contribution in [1.29, 1.82) is 0 Å². The van der Waals surface area contributed by atoms with Gasteiger partial charge in [-0.05, 0) is 24.3 Å². The molecule has 3 nitrogen and oxygen atoms in total. The first-order chi connectivity index (χ1) is 9.19. The zero-order valence-electron chi connectivity index (χ0n) is 10.8. The van der Waals surface area contributed by atoms with Crippen molar-refractivity contribution in [3.63, 3.8) is 0 Å². The summed E-state index contributed by atoms with van der Waals surface area (Å²) in [5.41, 5.74) is 0.344. The largest absolute Gasteiger partial charge is 0.405 e. The Morgan fingerprint density at radius 1 is 1.20 bits per heavy atom. The second-order valence-corrected chi connectivity index (χ2v) is 7.19. The molecule has 114 valence electrons. The first-order valence-corrected chi connectivity index (χ1v) is 8.67. The Bertz CT molecular complexity index is 529. The molecule has 0 aromatic heterocycles. The molecule has 0 aliphatic heterocycles. The lowest BCUT2D eigenvalue weighted by Crippen LogP contribution is -2.35. The summed E-state index contributed by atoms with van der Waals surface area (Å²) in [7, 11) is -3.34. The van der Waals surface area contributed by atoms with Crippen LogP contribution in [0.25, 0.3) is 0 Å². The molecule has 0 spiro atoms. The van der Waals surface area contributed by atoms with Gasteiger partial charge in [0.05, 0.1) is 10.6 Å². The number of rotatable bonds is 6. The van der Waals surface area contributed by atoms with Crippen molar-refractivity contribution in [2.45, 2.75) is 18.0 Å². The van der Waals surface area contributed by atoms with E-state index in [2.05, 4.69) is 15.9 Å². The number of benzene rings is 1. The summed E-state index contributed by atoms with van der Waals surface area (Å²) in [5.74, 6) is -0.0417. The average Bonchev–Trinajstić information content (AvgIpc) is 2.37. The molecule has 1 rings (SSSR count). The fourth-order valence-electron chi connectivity index (χ4n) is 1.65. The molecule has 0 aliphatic carbocycles. The third-order valence-corrected chi connectivity index (χ3v) is 4.77.